The summed E-state index contributed by atoms with van der Waals surface area (Å²) in [5.41, 5.74) is -0.845. The lowest BCUT2D eigenvalue weighted by molar-refractivity contribution is -0.151. The summed E-state index contributed by atoms with van der Waals surface area (Å²) < 4.78 is 16.9. The number of ether oxygens (including phenoxy) is 3. The summed E-state index contributed by atoms with van der Waals surface area (Å²) in [5.74, 6) is -1.82. The van der Waals surface area contributed by atoms with Gasteiger partial charge in [0.05, 0.1) is 30.8 Å². The highest BCUT2D eigenvalue weighted by molar-refractivity contribution is 6.28. The number of alkyl halides is 1. The largest absolute Gasteiger partial charge is 0.457 e. The van der Waals surface area contributed by atoms with E-state index in [1.54, 1.807) is 6.08 Å². The summed E-state index contributed by atoms with van der Waals surface area (Å²) in [5, 5.41) is 33.6. The zero-order chi connectivity index (χ0) is 31.6. The van der Waals surface area contributed by atoms with Crippen molar-refractivity contribution in [3.63, 3.8) is 0 Å². The Morgan fingerprint density at radius 3 is 2.64 bits per heavy atom. The number of alkyl carbamates (subject to hydrolysis) is 1. The van der Waals surface area contributed by atoms with Gasteiger partial charge in [0, 0.05) is 11.8 Å². The van der Waals surface area contributed by atoms with E-state index in [0.717, 1.165) is 12.0 Å². The molecule has 2 heterocycles. The second-order valence-corrected chi connectivity index (χ2v) is 12.2. The third-order valence-electron chi connectivity index (χ3n) is 7.94. The summed E-state index contributed by atoms with van der Waals surface area (Å²) in [6.07, 6.45) is 6.18. The van der Waals surface area contributed by atoms with Gasteiger partial charge in [0.15, 0.2) is 6.10 Å². The fraction of sp³-hybridized carbons (Fsp3) is 0.710. The minimum absolute atomic E-state index is 0.0116. The van der Waals surface area contributed by atoms with E-state index < -0.39 is 53.7 Å². The second-order valence-electron chi connectivity index (χ2n) is 11.9. The molecule has 2 aliphatic heterocycles. The van der Waals surface area contributed by atoms with E-state index in [4.69, 9.17) is 25.8 Å². The molecular weight excluding hydrogens is 566 g/mol. The van der Waals surface area contributed by atoms with Crippen LogP contribution in [0.4, 0.5) is 4.79 Å². The molecule has 0 aliphatic carbocycles. The zero-order valence-electron chi connectivity index (χ0n) is 25.5. The maximum absolute atomic E-state index is 12.7. The number of hydrogen-bond acceptors (Lipinski definition) is 9. The number of aliphatic hydroxyl groups excluding tert-OH is 2. The number of rotatable bonds is 10. The summed E-state index contributed by atoms with van der Waals surface area (Å²) >= 11 is 5.44. The number of cyclic esters (lactones) is 1. The fourth-order valence-corrected chi connectivity index (χ4v) is 5.15. The van der Waals surface area contributed by atoms with Gasteiger partial charge in [0.1, 0.15) is 17.6 Å². The standard InChI is InChI=1S/C31H48ClNO9/c1-7-23(35)21(5)29-24(40-29)15-18(2)9-8-10-19(3)28-20(4)11-12-25(41-30(38)33-26(36)17-32)31(6,39)14-13-22(34)16-27(37)42-28/h8-12,18,20-25,28-29,34-35,39H,7,13-17H2,1-6H3,(H,33,36,38)/b9-8+,12-11-,19-10+. The second kappa shape index (κ2) is 16.6. The first-order valence-electron chi connectivity index (χ1n) is 14.7. The molecule has 10 nitrogen and oxygen atoms in total. The molecule has 10 unspecified atom stereocenters. The summed E-state index contributed by atoms with van der Waals surface area (Å²) in [6.45, 7) is 11.2. The smallest absolute Gasteiger partial charge is 0.414 e. The topological polar surface area (TPSA) is 155 Å². The molecule has 0 radical (unpaired) electrons. The Balaban J connectivity index is 2.17. The fourth-order valence-electron chi connectivity index (χ4n) is 5.08. The van der Waals surface area contributed by atoms with Crippen molar-refractivity contribution in [3.8, 4) is 0 Å². The van der Waals surface area contributed by atoms with E-state index >= 15 is 0 Å². The molecule has 2 rings (SSSR count). The molecule has 42 heavy (non-hydrogen) atoms. The third-order valence-corrected chi connectivity index (χ3v) is 8.18. The highest BCUT2D eigenvalue weighted by Crippen LogP contribution is 2.36. The molecule has 0 spiro atoms. The number of carbonyl (C=O) groups excluding carboxylic acids is 3. The molecule has 1 fully saturated rings. The Kier molecular flexibility index (Phi) is 14.2. The van der Waals surface area contributed by atoms with Crippen LogP contribution in [-0.2, 0) is 23.8 Å². The molecule has 4 N–H and O–H groups in total. The number of halogens is 1. The Morgan fingerprint density at radius 1 is 1.31 bits per heavy atom. The van der Waals surface area contributed by atoms with E-state index in [1.165, 1.54) is 13.0 Å². The van der Waals surface area contributed by atoms with Crippen molar-refractivity contribution in [2.24, 2.45) is 17.8 Å². The van der Waals surface area contributed by atoms with Gasteiger partial charge in [0.2, 0.25) is 5.91 Å². The number of esters is 1. The number of imide groups is 1. The van der Waals surface area contributed by atoms with Crippen LogP contribution in [0.5, 0.6) is 0 Å². The summed E-state index contributed by atoms with van der Waals surface area (Å²) in [7, 11) is 0. The molecule has 2 aliphatic rings. The minimum Gasteiger partial charge on any atom is -0.457 e. The van der Waals surface area contributed by atoms with Crippen LogP contribution in [0.15, 0.2) is 36.0 Å². The molecule has 0 saturated carbocycles. The number of hydrogen-bond donors (Lipinski definition) is 4. The van der Waals surface area contributed by atoms with Gasteiger partial charge in [-0.2, -0.15) is 0 Å². The number of allylic oxidation sites excluding steroid dienone is 3. The number of carbonyl (C=O) groups is 3. The maximum atomic E-state index is 12.7. The number of amides is 2. The lowest BCUT2D eigenvalue weighted by Crippen LogP contribution is -2.45. The summed E-state index contributed by atoms with van der Waals surface area (Å²) in [6, 6.07) is 0. The van der Waals surface area contributed by atoms with Crippen LogP contribution in [0.3, 0.4) is 0 Å². The molecule has 10 atom stereocenters. The van der Waals surface area contributed by atoms with Crippen LogP contribution in [0.1, 0.15) is 73.6 Å². The quantitative estimate of drug-likeness (QED) is 0.0942. The minimum atomic E-state index is -1.60. The average Bonchev–Trinajstić information content (AvgIpc) is 3.69. The monoisotopic (exact) mass is 613 g/mol. The Hall–Kier alpha value is -2.24. The lowest BCUT2D eigenvalue weighted by atomic mass is 9.88. The van der Waals surface area contributed by atoms with Gasteiger partial charge in [-0.05, 0) is 57.1 Å². The first-order valence-corrected chi connectivity index (χ1v) is 15.2. The Labute approximate surface area is 254 Å². The van der Waals surface area contributed by atoms with Gasteiger partial charge < -0.3 is 29.5 Å². The summed E-state index contributed by atoms with van der Waals surface area (Å²) in [4.78, 5) is 36.4. The van der Waals surface area contributed by atoms with Crippen LogP contribution >= 0.6 is 11.6 Å². The average molecular weight is 614 g/mol. The van der Waals surface area contributed by atoms with Crippen molar-refractivity contribution in [3.05, 3.63) is 36.0 Å². The van der Waals surface area contributed by atoms with E-state index in [0.29, 0.717) is 6.42 Å². The Morgan fingerprint density at radius 2 is 2.00 bits per heavy atom. The van der Waals surface area contributed by atoms with Crippen molar-refractivity contribution in [1.82, 2.24) is 5.32 Å². The molecule has 11 heteroatoms. The highest BCUT2D eigenvalue weighted by Gasteiger charge is 2.45. The highest BCUT2D eigenvalue weighted by atomic mass is 35.5. The normalized spacial score (nSPS) is 33.9. The van der Waals surface area contributed by atoms with Crippen molar-refractivity contribution in [2.75, 3.05) is 5.88 Å². The number of nitrogens with one attached hydrogen (secondary N) is 1. The van der Waals surface area contributed by atoms with Crippen LogP contribution < -0.4 is 5.32 Å². The van der Waals surface area contributed by atoms with Gasteiger partial charge >= 0.3 is 12.1 Å². The van der Waals surface area contributed by atoms with Gasteiger partial charge in [0.25, 0.3) is 0 Å². The zero-order valence-corrected chi connectivity index (χ0v) is 26.3. The van der Waals surface area contributed by atoms with Crippen LogP contribution in [-0.4, -0.2) is 81.4 Å². The molecule has 0 aromatic rings. The molecular formula is C31H48ClNO9. The molecule has 1 saturated heterocycles. The predicted octanol–water partition coefficient (Wildman–Crippen LogP) is 3.95. The van der Waals surface area contributed by atoms with Crippen molar-refractivity contribution < 1.29 is 43.9 Å². The van der Waals surface area contributed by atoms with E-state index in [1.807, 2.05) is 51.2 Å². The maximum Gasteiger partial charge on any atom is 0.414 e. The molecule has 2 amide bonds. The molecule has 0 aromatic carbocycles. The molecule has 238 valence electrons. The first-order chi connectivity index (χ1) is 19.7. The predicted molar refractivity (Wildman–Crippen MR) is 159 cm³/mol. The van der Waals surface area contributed by atoms with E-state index in [-0.39, 0.29) is 49.4 Å². The third kappa shape index (κ3) is 11.4. The van der Waals surface area contributed by atoms with Crippen LogP contribution in [0.25, 0.3) is 0 Å². The van der Waals surface area contributed by atoms with Gasteiger partial charge in [-0.15, -0.1) is 11.6 Å². The number of aliphatic hydroxyl groups is 3. The van der Waals surface area contributed by atoms with Gasteiger partial charge in [-0.1, -0.05) is 52.0 Å². The van der Waals surface area contributed by atoms with Gasteiger partial charge in [-0.3, -0.25) is 14.9 Å². The lowest BCUT2D eigenvalue weighted by Gasteiger charge is -2.32. The van der Waals surface area contributed by atoms with E-state index in [9.17, 15) is 29.7 Å². The van der Waals surface area contributed by atoms with Crippen molar-refractivity contribution >= 4 is 29.6 Å². The SMILES string of the molecule is CCC(O)C(C)C1OC1CC(C)/C=C/C=C(\C)C1OC(=O)CC(O)CCC(C)(O)C(OC(=O)NC(=O)CCl)/C=C\C1C. The number of epoxide rings is 1. The van der Waals surface area contributed by atoms with Crippen molar-refractivity contribution in [1.29, 1.82) is 0 Å². The first kappa shape index (κ1) is 36.0. The molecule has 0 bridgehead atoms. The Bertz CT molecular complexity index is 1010. The van der Waals surface area contributed by atoms with Crippen molar-refractivity contribution in [2.45, 2.75) is 116 Å². The van der Waals surface area contributed by atoms with E-state index in [2.05, 4.69) is 6.92 Å². The molecule has 0 aromatic heterocycles. The van der Waals surface area contributed by atoms with Gasteiger partial charge in [-0.25, -0.2) is 4.79 Å². The van der Waals surface area contributed by atoms with Crippen LogP contribution in [0.2, 0.25) is 0 Å². The van der Waals surface area contributed by atoms with Crippen LogP contribution in [0, 0.1) is 17.8 Å².